The van der Waals surface area contributed by atoms with Crippen molar-refractivity contribution >= 4 is 0 Å². The van der Waals surface area contributed by atoms with Crippen LogP contribution in [0, 0.1) is 0 Å². The first kappa shape index (κ1) is 11.1. The molecule has 3 nitrogen and oxygen atoms in total. The lowest BCUT2D eigenvalue weighted by atomic mass is 10.2. The van der Waals surface area contributed by atoms with Gasteiger partial charge in [0.05, 0.1) is 6.61 Å². The zero-order valence-electron chi connectivity index (χ0n) is 7.23. The number of rotatable bonds is 5. The Morgan fingerprint density at radius 2 is 2.42 bits per heavy atom. The first-order chi connectivity index (χ1) is 5.70. The van der Waals surface area contributed by atoms with Crippen molar-refractivity contribution in [3.05, 3.63) is 36.5 Å². The zero-order chi connectivity index (χ0) is 9.40. The van der Waals surface area contributed by atoms with E-state index in [4.69, 9.17) is 15.6 Å². The molecule has 0 radical (unpaired) electrons. The maximum atomic E-state index is 8.60. The van der Waals surface area contributed by atoms with Crippen LogP contribution < -0.4 is 5.73 Å². The molecule has 0 saturated heterocycles. The van der Waals surface area contributed by atoms with Gasteiger partial charge in [-0.15, -0.1) is 0 Å². The summed E-state index contributed by atoms with van der Waals surface area (Å²) >= 11 is 0. The number of allylic oxidation sites excluding steroid dienone is 3. The van der Waals surface area contributed by atoms with Crippen LogP contribution in [0.3, 0.4) is 0 Å². The average Bonchev–Trinajstić information content (AvgIpc) is 2.05. The maximum absolute atomic E-state index is 8.60. The highest BCUT2D eigenvalue weighted by Gasteiger charge is 1.95. The average molecular weight is 169 g/mol. The molecule has 0 aliphatic carbocycles. The molecule has 0 heterocycles. The van der Waals surface area contributed by atoms with Gasteiger partial charge in [-0.1, -0.05) is 30.9 Å². The van der Waals surface area contributed by atoms with Crippen molar-refractivity contribution < 1.29 is 9.84 Å². The van der Waals surface area contributed by atoms with Crippen molar-refractivity contribution in [2.24, 2.45) is 5.73 Å². The van der Waals surface area contributed by atoms with Crippen molar-refractivity contribution in [2.75, 3.05) is 6.61 Å². The molecule has 0 aliphatic rings. The molecule has 0 aromatic heterocycles. The minimum Gasteiger partial charge on any atom is -0.356 e. The fourth-order valence-corrected chi connectivity index (χ4v) is 0.577. The second-order valence-electron chi connectivity index (χ2n) is 2.17. The zero-order valence-corrected chi connectivity index (χ0v) is 7.23. The van der Waals surface area contributed by atoms with Crippen LogP contribution in [0.5, 0.6) is 0 Å². The van der Waals surface area contributed by atoms with Gasteiger partial charge in [0.1, 0.15) is 0 Å². The van der Waals surface area contributed by atoms with Gasteiger partial charge in [0.2, 0.25) is 6.41 Å². The minimum atomic E-state index is -1.22. The Hall–Kier alpha value is -0.900. The van der Waals surface area contributed by atoms with Gasteiger partial charge in [0, 0.05) is 0 Å². The van der Waals surface area contributed by atoms with Crippen LogP contribution in [-0.2, 0) is 4.74 Å². The van der Waals surface area contributed by atoms with Gasteiger partial charge in [-0.2, -0.15) is 0 Å². The number of aliphatic hydroxyl groups excluding tert-OH is 1. The van der Waals surface area contributed by atoms with Crippen molar-refractivity contribution in [1.29, 1.82) is 0 Å². The molecule has 0 aromatic rings. The summed E-state index contributed by atoms with van der Waals surface area (Å²) < 4.78 is 4.75. The highest BCUT2D eigenvalue weighted by atomic mass is 16.6. The van der Waals surface area contributed by atoms with Crippen molar-refractivity contribution in [2.45, 2.75) is 13.3 Å². The summed E-state index contributed by atoms with van der Waals surface area (Å²) in [6.45, 7) is 5.77. The summed E-state index contributed by atoms with van der Waals surface area (Å²) in [5.74, 6) is 0. The Balaban J connectivity index is 3.91. The topological polar surface area (TPSA) is 55.5 Å². The highest BCUT2D eigenvalue weighted by Crippen LogP contribution is 1.97. The van der Waals surface area contributed by atoms with Crippen LogP contribution in [0.2, 0.25) is 0 Å². The third-order valence-corrected chi connectivity index (χ3v) is 1.19. The monoisotopic (exact) mass is 169 g/mol. The fourth-order valence-electron chi connectivity index (χ4n) is 0.577. The third-order valence-electron chi connectivity index (χ3n) is 1.19. The van der Waals surface area contributed by atoms with Gasteiger partial charge in [-0.3, -0.25) is 5.73 Å². The molecule has 0 rings (SSSR count). The van der Waals surface area contributed by atoms with Gasteiger partial charge in [-0.05, 0) is 12.5 Å². The molecule has 0 saturated carbocycles. The molecule has 0 bridgehead atoms. The number of hydrogen-bond donors (Lipinski definition) is 2. The molecule has 0 amide bonds. The smallest absolute Gasteiger partial charge is 0.211 e. The lowest BCUT2D eigenvalue weighted by Gasteiger charge is -2.05. The van der Waals surface area contributed by atoms with Crippen molar-refractivity contribution in [1.82, 2.24) is 0 Å². The quantitative estimate of drug-likeness (QED) is 0.475. The number of nitrogens with two attached hydrogens (primary N) is 1. The van der Waals surface area contributed by atoms with Crippen molar-refractivity contribution in [3.8, 4) is 0 Å². The van der Waals surface area contributed by atoms with E-state index in [2.05, 4.69) is 6.58 Å². The van der Waals surface area contributed by atoms with Gasteiger partial charge in [0.25, 0.3) is 0 Å². The number of aliphatic hydroxyl groups is 1. The van der Waals surface area contributed by atoms with E-state index in [-0.39, 0.29) is 6.61 Å². The third kappa shape index (κ3) is 5.85. The van der Waals surface area contributed by atoms with Gasteiger partial charge < -0.3 is 9.84 Å². The maximum Gasteiger partial charge on any atom is 0.211 e. The molecule has 3 N–H and O–H groups in total. The molecule has 0 spiro atoms. The summed E-state index contributed by atoms with van der Waals surface area (Å²) in [7, 11) is 0. The van der Waals surface area contributed by atoms with Crippen LogP contribution >= 0.6 is 0 Å². The summed E-state index contributed by atoms with van der Waals surface area (Å²) in [6, 6.07) is 0. The molecule has 12 heavy (non-hydrogen) atoms. The standard InChI is InChI=1S/C9H15NO2/c1-3-5-6-8(4-2)7-12-9(10)11/h3-6,9,11H,2,7,10H2,1H3/b5-3-,8-6+. The summed E-state index contributed by atoms with van der Waals surface area (Å²) in [5.41, 5.74) is 5.85. The number of ether oxygens (including phenoxy) is 1. The number of hydrogen-bond acceptors (Lipinski definition) is 3. The van der Waals surface area contributed by atoms with Crippen LogP contribution in [0.1, 0.15) is 6.92 Å². The van der Waals surface area contributed by atoms with E-state index in [1.807, 2.05) is 25.2 Å². The molecule has 0 fully saturated rings. The van der Waals surface area contributed by atoms with E-state index in [0.29, 0.717) is 0 Å². The van der Waals surface area contributed by atoms with E-state index in [0.717, 1.165) is 5.57 Å². The van der Waals surface area contributed by atoms with E-state index < -0.39 is 6.41 Å². The molecule has 68 valence electrons. The molecular formula is C9H15NO2. The van der Waals surface area contributed by atoms with Gasteiger partial charge in [0.15, 0.2) is 0 Å². The van der Waals surface area contributed by atoms with Crippen LogP contribution in [0.15, 0.2) is 36.5 Å². The Labute approximate surface area is 72.8 Å². The molecule has 0 aromatic carbocycles. The highest BCUT2D eigenvalue weighted by molar-refractivity contribution is 5.22. The minimum absolute atomic E-state index is 0.269. The van der Waals surface area contributed by atoms with E-state index in [1.165, 1.54) is 0 Å². The Morgan fingerprint density at radius 3 is 2.83 bits per heavy atom. The predicted molar refractivity (Wildman–Crippen MR) is 49.2 cm³/mol. The van der Waals surface area contributed by atoms with Crippen LogP contribution in [0.4, 0.5) is 0 Å². The van der Waals surface area contributed by atoms with Crippen molar-refractivity contribution in [3.63, 3.8) is 0 Å². The molecule has 1 unspecified atom stereocenters. The Bertz CT molecular complexity index is 183. The summed E-state index contributed by atoms with van der Waals surface area (Å²) in [5, 5.41) is 8.60. The summed E-state index contributed by atoms with van der Waals surface area (Å²) in [4.78, 5) is 0. The SMILES string of the molecule is C=C/C(=C\C=C/C)COC(N)O. The second kappa shape index (κ2) is 6.79. The first-order valence-electron chi connectivity index (χ1n) is 3.70. The summed E-state index contributed by atoms with van der Waals surface area (Å²) in [6.07, 6.45) is 6.03. The van der Waals surface area contributed by atoms with Gasteiger partial charge in [-0.25, -0.2) is 0 Å². The van der Waals surface area contributed by atoms with E-state index in [1.54, 1.807) is 6.08 Å². The van der Waals surface area contributed by atoms with E-state index >= 15 is 0 Å². The second-order valence-corrected chi connectivity index (χ2v) is 2.17. The molecule has 1 atom stereocenters. The lowest BCUT2D eigenvalue weighted by Crippen LogP contribution is -2.23. The normalized spacial score (nSPS) is 15.1. The Morgan fingerprint density at radius 1 is 1.75 bits per heavy atom. The largest absolute Gasteiger partial charge is 0.356 e. The first-order valence-corrected chi connectivity index (χ1v) is 3.70. The Kier molecular flexibility index (Phi) is 6.28. The van der Waals surface area contributed by atoms with Crippen LogP contribution in [-0.4, -0.2) is 18.1 Å². The van der Waals surface area contributed by atoms with Crippen LogP contribution in [0.25, 0.3) is 0 Å². The predicted octanol–water partition coefficient (Wildman–Crippen LogP) is 0.926. The molecular weight excluding hydrogens is 154 g/mol. The van der Waals surface area contributed by atoms with Gasteiger partial charge >= 0.3 is 0 Å². The lowest BCUT2D eigenvalue weighted by molar-refractivity contribution is -0.0847. The molecule has 3 heteroatoms. The van der Waals surface area contributed by atoms with E-state index in [9.17, 15) is 0 Å². The molecule has 0 aliphatic heterocycles. The fraction of sp³-hybridized carbons (Fsp3) is 0.333.